The molecule has 2 atom stereocenters. The number of aryl methyl sites for hydroxylation is 1. The molecule has 1 aromatic carbocycles. The van der Waals surface area contributed by atoms with E-state index in [0.29, 0.717) is 12.6 Å². The second-order valence-corrected chi connectivity index (χ2v) is 7.39. The van der Waals surface area contributed by atoms with E-state index < -0.39 is 0 Å². The number of ether oxygens (including phenoxy) is 1. The molecule has 1 aliphatic carbocycles. The number of fused-ring (bicyclic) bond motifs is 1. The number of benzene rings is 1. The lowest BCUT2D eigenvalue weighted by atomic mass is 9.74. The zero-order valence-electron chi connectivity index (χ0n) is 13.1. The number of nitrogens with zero attached hydrogens (tertiary/aromatic N) is 1. The highest BCUT2D eigenvalue weighted by Gasteiger charge is 2.42. The first-order chi connectivity index (χ1) is 10.2. The molecule has 0 amide bonds. The van der Waals surface area contributed by atoms with Crippen molar-refractivity contribution in [3.05, 3.63) is 29.3 Å². The SMILES string of the molecule is COc1ccc2c(c1)C(CN)(N(C)C1CCSC1)CCC2. The summed E-state index contributed by atoms with van der Waals surface area (Å²) in [6, 6.07) is 7.18. The highest BCUT2D eigenvalue weighted by Crippen LogP contribution is 2.42. The molecule has 3 rings (SSSR count). The molecular formula is C17H26N2OS. The molecule has 1 fully saturated rings. The number of nitrogens with two attached hydrogens (primary N) is 1. The number of rotatable bonds is 4. The van der Waals surface area contributed by atoms with Crippen molar-refractivity contribution in [2.45, 2.75) is 37.3 Å². The van der Waals surface area contributed by atoms with Crippen LogP contribution in [0.2, 0.25) is 0 Å². The Morgan fingerprint density at radius 3 is 3.00 bits per heavy atom. The molecule has 116 valence electrons. The average molecular weight is 306 g/mol. The van der Waals surface area contributed by atoms with Gasteiger partial charge in [-0.25, -0.2) is 0 Å². The van der Waals surface area contributed by atoms with Crippen LogP contribution in [0.4, 0.5) is 0 Å². The largest absolute Gasteiger partial charge is 0.497 e. The van der Waals surface area contributed by atoms with Crippen LogP contribution in [0.1, 0.15) is 30.4 Å². The second-order valence-electron chi connectivity index (χ2n) is 6.24. The van der Waals surface area contributed by atoms with Crippen LogP contribution in [0, 0.1) is 0 Å². The van der Waals surface area contributed by atoms with Crippen molar-refractivity contribution in [2.24, 2.45) is 5.73 Å². The summed E-state index contributed by atoms with van der Waals surface area (Å²) in [5.74, 6) is 3.46. The van der Waals surface area contributed by atoms with E-state index in [1.165, 1.54) is 35.5 Å². The van der Waals surface area contributed by atoms with Gasteiger partial charge in [0, 0.05) is 18.3 Å². The molecule has 0 aromatic heterocycles. The van der Waals surface area contributed by atoms with Gasteiger partial charge in [-0.3, -0.25) is 4.90 Å². The quantitative estimate of drug-likeness (QED) is 0.928. The molecule has 0 bridgehead atoms. The average Bonchev–Trinajstić information content (AvgIpc) is 3.07. The van der Waals surface area contributed by atoms with Crippen LogP contribution in [0.3, 0.4) is 0 Å². The van der Waals surface area contributed by atoms with Crippen LogP contribution in [0.5, 0.6) is 5.75 Å². The topological polar surface area (TPSA) is 38.5 Å². The van der Waals surface area contributed by atoms with Crippen molar-refractivity contribution < 1.29 is 4.74 Å². The van der Waals surface area contributed by atoms with Crippen molar-refractivity contribution in [3.8, 4) is 5.75 Å². The third-order valence-electron chi connectivity index (χ3n) is 5.32. The first-order valence-corrected chi connectivity index (χ1v) is 9.05. The summed E-state index contributed by atoms with van der Waals surface area (Å²) in [6.07, 6.45) is 4.82. The van der Waals surface area contributed by atoms with Gasteiger partial charge in [-0.05, 0) is 61.7 Å². The van der Waals surface area contributed by atoms with E-state index in [9.17, 15) is 0 Å². The van der Waals surface area contributed by atoms with Gasteiger partial charge in [-0.1, -0.05) is 6.07 Å². The second kappa shape index (κ2) is 6.19. The predicted octanol–water partition coefficient (Wildman–Crippen LogP) is 2.62. The van der Waals surface area contributed by atoms with Gasteiger partial charge >= 0.3 is 0 Å². The standard InChI is InChI=1S/C17H26N2OS/c1-19(14-7-9-21-11-14)17(12-18)8-3-4-13-5-6-15(20-2)10-16(13)17/h5-6,10,14H,3-4,7-9,11-12,18H2,1-2H3. The minimum absolute atomic E-state index is 0.0162. The summed E-state index contributed by atoms with van der Waals surface area (Å²) in [6.45, 7) is 0.685. The van der Waals surface area contributed by atoms with Gasteiger partial charge in [0.1, 0.15) is 5.75 Å². The van der Waals surface area contributed by atoms with E-state index in [4.69, 9.17) is 10.5 Å². The number of methoxy groups -OCH3 is 1. The van der Waals surface area contributed by atoms with Crippen molar-refractivity contribution in [2.75, 3.05) is 32.2 Å². The van der Waals surface area contributed by atoms with E-state index >= 15 is 0 Å². The Morgan fingerprint density at radius 1 is 1.48 bits per heavy atom. The fourth-order valence-corrected chi connectivity index (χ4v) is 5.21. The van der Waals surface area contributed by atoms with E-state index in [0.717, 1.165) is 18.6 Å². The van der Waals surface area contributed by atoms with Crippen LogP contribution < -0.4 is 10.5 Å². The molecule has 0 spiro atoms. The summed E-state index contributed by atoms with van der Waals surface area (Å²) < 4.78 is 5.46. The maximum atomic E-state index is 6.32. The van der Waals surface area contributed by atoms with Gasteiger partial charge in [0.15, 0.2) is 0 Å². The summed E-state index contributed by atoms with van der Waals surface area (Å²) in [7, 11) is 4.02. The lowest BCUT2D eigenvalue weighted by molar-refractivity contribution is 0.0681. The van der Waals surface area contributed by atoms with Crippen LogP contribution in [-0.4, -0.2) is 43.1 Å². The summed E-state index contributed by atoms with van der Waals surface area (Å²) >= 11 is 2.07. The third-order valence-corrected chi connectivity index (χ3v) is 6.47. The van der Waals surface area contributed by atoms with Gasteiger partial charge in [0.05, 0.1) is 12.6 Å². The molecule has 4 heteroatoms. The minimum atomic E-state index is -0.0162. The molecule has 1 aromatic rings. The molecule has 0 radical (unpaired) electrons. The summed E-state index contributed by atoms with van der Waals surface area (Å²) in [5, 5.41) is 0. The van der Waals surface area contributed by atoms with Gasteiger partial charge < -0.3 is 10.5 Å². The number of hydrogen-bond acceptors (Lipinski definition) is 4. The molecule has 1 saturated heterocycles. The Bertz CT molecular complexity index is 502. The molecule has 2 aliphatic rings. The Labute approximate surface area is 132 Å². The van der Waals surface area contributed by atoms with E-state index in [1.807, 2.05) is 0 Å². The number of hydrogen-bond donors (Lipinski definition) is 1. The Kier molecular flexibility index (Phi) is 4.48. The van der Waals surface area contributed by atoms with Crippen LogP contribution in [-0.2, 0) is 12.0 Å². The fourth-order valence-electron chi connectivity index (χ4n) is 3.94. The van der Waals surface area contributed by atoms with Gasteiger partial charge in [-0.2, -0.15) is 11.8 Å². The first-order valence-electron chi connectivity index (χ1n) is 7.89. The molecule has 1 aliphatic heterocycles. The van der Waals surface area contributed by atoms with Crippen molar-refractivity contribution in [3.63, 3.8) is 0 Å². The Hall–Kier alpha value is -0.710. The zero-order chi connectivity index (χ0) is 14.9. The van der Waals surface area contributed by atoms with Crippen molar-refractivity contribution in [1.82, 2.24) is 4.90 Å². The lowest BCUT2D eigenvalue weighted by Gasteiger charge is -2.48. The molecule has 0 saturated carbocycles. The summed E-state index contributed by atoms with van der Waals surface area (Å²) in [5.41, 5.74) is 9.15. The van der Waals surface area contributed by atoms with Crippen molar-refractivity contribution >= 4 is 11.8 Å². The molecule has 1 heterocycles. The van der Waals surface area contributed by atoms with Crippen LogP contribution >= 0.6 is 11.8 Å². The molecule has 2 unspecified atom stereocenters. The highest BCUT2D eigenvalue weighted by atomic mass is 32.2. The predicted molar refractivity (Wildman–Crippen MR) is 90.2 cm³/mol. The lowest BCUT2D eigenvalue weighted by Crippen LogP contribution is -2.55. The smallest absolute Gasteiger partial charge is 0.119 e. The molecule has 21 heavy (non-hydrogen) atoms. The van der Waals surface area contributed by atoms with Crippen LogP contribution in [0.15, 0.2) is 18.2 Å². The molecule has 2 N–H and O–H groups in total. The Morgan fingerprint density at radius 2 is 2.33 bits per heavy atom. The van der Waals surface area contributed by atoms with Gasteiger partial charge in [-0.15, -0.1) is 0 Å². The minimum Gasteiger partial charge on any atom is -0.497 e. The third kappa shape index (κ3) is 2.58. The molecular weight excluding hydrogens is 280 g/mol. The first kappa shape index (κ1) is 15.2. The van der Waals surface area contributed by atoms with E-state index in [2.05, 4.69) is 41.9 Å². The van der Waals surface area contributed by atoms with E-state index in [-0.39, 0.29) is 5.54 Å². The highest BCUT2D eigenvalue weighted by molar-refractivity contribution is 7.99. The summed E-state index contributed by atoms with van der Waals surface area (Å²) in [4.78, 5) is 2.57. The number of thioether (sulfide) groups is 1. The van der Waals surface area contributed by atoms with E-state index in [1.54, 1.807) is 7.11 Å². The van der Waals surface area contributed by atoms with Crippen LogP contribution in [0.25, 0.3) is 0 Å². The van der Waals surface area contributed by atoms with Gasteiger partial charge in [0.2, 0.25) is 0 Å². The fraction of sp³-hybridized carbons (Fsp3) is 0.647. The normalized spacial score (nSPS) is 28.7. The monoisotopic (exact) mass is 306 g/mol. The Balaban J connectivity index is 2.02. The maximum Gasteiger partial charge on any atom is 0.119 e. The molecule has 3 nitrogen and oxygen atoms in total. The zero-order valence-corrected chi connectivity index (χ0v) is 13.9. The van der Waals surface area contributed by atoms with Crippen molar-refractivity contribution in [1.29, 1.82) is 0 Å². The maximum absolute atomic E-state index is 6.32. The number of likely N-dealkylation sites (N-methyl/N-ethyl adjacent to an activating group) is 1. The van der Waals surface area contributed by atoms with Gasteiger partial charge in [0.25, 0.3) is 0 Å².